The number of hydrogen-bond acceptors (Lipinski definition) is 2. The summed E-state index contributed by atoms with van der Waals surface area (Å²) >= 11 is 0. The van der Waals surface area contributed by atoms with Crippen LogP contribution in [0.1, 0.15) is 143 Å². The van der Waals surface area contributed by atoms with Crippen molar-refractivity contribution in [1.29, 1.82) is 0 Å². The summed E-state index contributed by atoms with van der Waals surface area (Å²) in [6, 6.07) is 0. The van der Waals surface area contributed by atoms with Crippen molar-refractivity contribution in [2.75, 3.05) is 0 Å². The topological polar surface area (TPSA) is 24.7 Å². The van der Waals surface area contributed by atoms with Crippen molar-refractivity contribution in [2.24, 2.45) is 33.7 Å². The van der Waals surface area contributed by atoms with Gasteiger partial charge in [0.2, 0.25) is 0 Å². The van der Waals surface area contributed by atoms with Crippen molar-refractivity contribution in [3.63, 3.8) is 0 Å². The lowest BCUT2D eigenvalue weighted by atomic mass is 9.69. The summed E-state index contributed by atoms with van der Waals surface area (Å²) in [5, 5.41) is 0. The lowest BCUT2D eigenvalue weighted by Gasteiger charge is -2.44. The molecule has 2 aliphatic carbocycles. The van der Waals surface area contributed by atoms with Crippen LogP contribution in [0.25, 0.3) is 0 Å². The van der Waals surface area contributed by atoms with Crippen LogP contribution in [0.2, 0.25) is 0 Å². The summed E-state index contributed by atoms with van der Waals surface area (Å²) in [6.07, 6.45) is 28.7. The van der Waals surface area contributed by atoms with E-state index < -0.39 is 0 Å². The van der Waals surface area contributed by atoms with Gasteiger partial charge in [-0.25, -0.2) is 0 Å². The Morgan fingerprint density at radius 2 is 1.03 bits per heavy atom. The second-order valence-corrected chi connectivity index (χ2v) is 10.6. The predicted molar refractivity (Wildman–Crippen MR) is 139 cm³/mol. The summed E-state index contributed by atoms with van der Waals surface area (Å²) in [5.74, 6) is 2.57. The number of aliphatic imine (C=N–C) groups is 2. The van der Waals surface area contributed by atoms with Crippen molar-refractivity contribution >= 4 is 12.4 Å². The fourth-order valence-electron chi connectivity index (χ4n) is 5.99. The van der Waals surface area contributed by atoms with Crippen LogP contribution in [0, 0.1) is 23.7 Å². The first kappa shape index (κ1) is 26.6. The maximum Gasteiger partial charge on any atom is 0.154 e. The minimum Gasteiger partial charge on any atom is -0.267 e. The molecule has 2 unspecified atom stereocenters. The molecule has 2 saturated carbocycles. The van der Waals surface area contributed by atoms with Crippen LogP contribution in [-0.4, -0.2) is 18.1 Å². The molecule has 0 spiro atoms. The van der Waals surface area contributed by atoms with E-state index in [2.05, 4.69) is 40.1 Å². The molecule has 0 N–H and O–H groups in total. The van der Waals surface area contributed by atoms with Crippen molar-refractivity contribution in [1.82, 2.24) is 0 Å². The quantitative estimate of drug-likeness (QED) is 0.245. The lowest BCUT2D eigenvalue weighted by Crippen LogP contribution is -2.44. The highest BCUT2D eigenvalue weighted by molar-refractivity contribution is 5.64. The largest absolute Gasteiger partial charge is 0.267 e. The molecule has 0 aromatic rings. The first-order valence-corrected chi connectivity index (χ1v) is 14.3. The van der Waals surface area contributed by atoms with Crippen LogP contribution in [0.3, 0.4) is 0 Å². The van der Waals surface area contributed by atoms with Gasteiger partial charge >= 0.3 is 0 Å². The van der Waals surface area contributed by atoms with Crippen LogP contribution in [0.15, 0.2) is 9.98 Å². The van der Waals surface area contributed by atoms with E-state index in [0.29, 0.717) is 23.7 Å². The zero-order valence-electron chi connectivity index (χ0n) is 21.6. The van der Waals surface area contributed by atoms with Gasteiger partial charge in [0.1, 0.15) is 0 Å². The summed E-state index contributed by atoms with van der Waals surface area (Å²) in [4.78, 5) is 11.2. The third-order valence-electron chi connectivity index (χ3n) is 8.30. The number of hydrogen-bond donors (Lipinski definition) is 0. The molecule has 2 fully saturated rings. The molecule has 2 aliphatic rings. The van der Waals surface area contributed by atoms with Gasteiger partial charge in [-0.15, -0.1) is 0 Å². The van der Waals surface area contributed by atoms with Gasteiger partial charge in [0.15, 0.2) is 5.66 Å². The number of nitrogens with zero attached hydrogens (tertiary/aromatic N) is 2. The highest BCUT2D eigenvalue weighted by Gasteiger charge is 2.45. The molecule has 0 radical (unpaired) electrons. The van der Waals surface area contributed by atoms with Crippen LogP contribution in [0.4, 0.5) is 0 Å². The fourth-order valence-corrected chi connectivity index (χ4v) is 5.99. The molecular formula is C29H54N2. The summed E-state index contributed by atoms with van der Waals surface area (Å²) in [7, 11) is 0. The molecule has 2 atom stereocenters. The van der Waals surface area contributed by atoms with E-state index in [4.69, 9.17) is 9.98 Å². The molecule has 2 nitrogen and oxygen atoms in total. The van der Waals surface area contributed by atoms with E-state index in [1.807, 2.05) is 0 Å². The van der Waals surface area contributed by atoms with Gasteiger partial charge in [0.05, 0.1) is 0 Å². The van der Waals surface area contributed by atoms with Gasteiger partial charge in [-0.2, -0.15) is 0 Å². The Balaban J connectivity index is 2.38. The van der Waals surface area contributed by atoms with Crippen LogP contribution in [-0.2, 0) is 0 Å². The van der Waals surface area contributed by atoms with Crippen LogP contribution < -0.4 is 0 Å². The van der Waals surface area contributed by atoms with E-state index in [0.717, 1.165) is 0 Å². The third kappa shape index (κ3) is 8.32. The molecule has 0 aromatic heterocycles. The highest BCUT2D eigenvalue weighted by Crippen LogP contribution is 2.46. The minimum atomic E-state index is -0.167. The van der Waals surface area contributed by atoms with E-state index in [1.54, 1.807) is 0 Å². The van der Waals surface area contributed by atoms with Gasteiger partial charge < -0.3 is 0 Å². The van der Waals surface area contributed by atoms with Crippen molar-refractivity contribution in [3.8, 4) is 0 Å². The Morgan fingerprint density at radius 3 is 1.35 bits per heavy atom. The average molecular weight is 431 g/mol. The SMILES string of the molecule is CCCCC(C=NC(N=CC(CC)CCCC)(C1CCCCC1)C1CCCCC1)CC. The first-order valence-electron chi connectivity index (χ1n) is 14.3. The van der Waals surface area contributed by atoms with Crippen molar-refractivity contribution < 1.29 is 0 Å². The second kappa shape index (κ2) is 15.2. The smallest absolute Gasteiger partial charge is 0.154 e. The molecule has 2 rings (SSSR count). The van der Waals surface area contributed by atoms with Crippen molar-refractivity contribution in [2.45, 2.75) is 149 Å². The molecule has 0 aliphatic heterocycles. The third-order valence-corrected chi connectivity index (χ3v) is 8.30. The van der Waals surface area contributed by atoms with Gasteiger partial charge in [0, 0.05) is 24.3 Å². The zero-order valence-corrected chi connectivity index (χ0v) is 21.6. The van der Waals surface area contributed by atoms with E-state index in [1.165, 1.54) is 116 Å². The molecule has 0 aromatic carbocycles. The Kier molecular flexibility index (Phi) is 13.1. The standard InChI is InChI=1S/C29H54N2/c1-5-9-17-25(7-3)23-30-29(27-19-13-11-14-20-27,28-21-15-12-16-22-28)31-24-26(8-4)18-10-6-2/h23-28H,5-22H2,1-4H3. The highest BCUT2D eigenvalue weighted by atomic mass is 15.1. The maximum atomic E-state index is 5.59. The van der Waals surface area contributed by atoms with E-state index in [-0.39, 0.29) is 5.66 Å². The zero-order chi connectivity index (χ0) is 22.4. The molecule has 0 saturated heterocycles. The summed E-state index contributed by atoms with van der Waals surface area (Å²) in [6.45, 7) is 9.31. The Morgan fingerprint density at radius 1 is 0.645 bits per heavy atom. The summed E-state index contributed by atoms with van der Waals surface area (Å²) in [5.41, 5.74) is -0.167. The van der Waals surface area contributed by atoms with Crippen LogP contribution >= 0.6 is 0 Å². The maximum absolute atomic E-state index is 5.59. The molecule has 31 heavy (non-hydrogen) atoms. The molecule has 2 heteroatoms. The monoisotopic (exact) mass is 430 g/mol. The number of unbranched alkanes of at least 4 members (excludes halogenated alkanes) is 2. The molecule has 0 heterocycles. The van der Waals surface area contributed by atoms with E-state index >= 15 is 0 Å². The van der Waals surface area contributed by atoms with Crippen molar-refractivity contribution in [3.05, 3.63) is 0 Å². The average Bonchev–Trinajstić information content (AvgIpc) is 2.84. The minimum absolute atomic E-state index is 0.167. The van der Waals surface area contributed by atoms with Gasteiger partial charge in [0.25, 0.3) is 0 Å². The fraction of sp³-hybridized carbons (Fsp3) is 0.931. The van der Waals surface area contributed by atoms with E-state index in [9.17, 15) is 0 Å². The summed E-state index contributed by atoms with van der Waals surface area (Å²) < 4.78 is 0. The molecule has 180 valence electrons. The molecule has 0 amide bonds. The van der Waals surface area contributed by atoms with Gasteiger partial charge in [-0.05, 0) is 63.2 Å². The molecule has 0 bridgehead atoms. The van der Waals surface area contributed by atoms with Crippen LogP contribution in [0.5, 0.6) is 0 Å². The first-order chi connectivity index (χ1) is 15.2. The molecular weight excluding hydrogens is 376 g/mol. The Labute approximate surface area is 195 Å². The lowest BCUT2D eigenvalue weighted by molar-refractivity contribution is 0.115. The Hall–Kier alpha value is -0.660. The second-order valence-electron chi connectivity index (χ2n) is 10.6. The van der Waals surface area contributed by atoms with Gasteiger partial charge in [-0.1, -0.05) is 91.9 Å². The normalized spacial score (nSPS) is 21.8. The number of rotatable bonds is 14. The Bertz CT molecular complexity index is 451. The predicted octanol–water partition coefficient (Wildman–Crippen LogP) is 9.42. The van der Waals surface area contributed by atoms with Gasteiger partial charge in [-0.3, -0.25) is 9.98 Å².